The molecule has 0 amide bonds. The van der Waals surface area contributed by atoms with Crippen LogP contribution in [0.1, 0.15) is 23.6 Å². The Labute approximate surface area is 283 Å². The standard InChI is InChI=1S/C44H42O4/c1-4-27-45-29-31-47-40-25-21-35-15-9-11-17-38(35)42(40)44(3,37-23-19-34(20-24-37)33-13-7-6-8-14-33)43-39-18-12-10-16-36(39)22-26-41(43)48-32-30-46-28-5-2/h4-26H,1-2,27-32H2,3H3. The van der Waals surface area contributed by atoms with Crippen molar-refractivity contribution >= 4 is 21.5 Å². The normalized spacial score (nSPS) is 11.4. The molecule has 4 nitrogen and oxygen atoms in total. The van der Waals surface area contributed by atoms with Gasteiger partial charge in [-0.1, -0.05) is 127 Å². The minimum Gasteiger partial charge on any atom is -0.491 e. The molecule has 0 atom stereocenters. The molecule has 4 heteroatoms. The van der Waals surface area contributed by atoms with Gasteiger partial charge in [-0.25, -0.2) is 0 Å². The molecular weight excluding hydrogens is 592 g/mol. The lowest BCUT2D eigenvalue weighted by Crippen LogP contribution is -2.28. The van der Waals surface area contributed by atoms with Crippen LogP contribution in [-0.4, -0.2) is 39.6 Å². The molecule has 6 aromatic rings. The van der Waals surface area contributed by atoms with Crippen molar-refractivity contribution in [1.29, 1.82) is 0 Å². The van der Waals surface area contributed by atoms with E-state index in [1.54, 1.807) is 12.2 Å². The van der Waals surface area contributed by atoms with E-state index < -0.39 is 5.41 Å². The summed E-state index contributed by atoms with van der Waals surface area (Å²) in [6.07, 6.45) is 3.50. The summed E-state index contributed by atoms with van der Waals surface area (Å²) in [5, 5.41) is 4.50. The monoisotopic (exact) mass is 634 g/mol. The fraction of sp³-hybridized carbons (Fsp3) is 0.182. The van der Waals surface area contributed by atoms with Gasteiger partial charge >= 0.3 is 0 Å². The van der Waals surface area contributed by atoms with Crippen molar-refractivity contribution in [2.45, 2.75) is 12.3 Å². The van der Waals surface area contributed by atoms with E-state index in [0.717, 1.165) is 55.3 Å². The zero-order chi connectivity index (χ0) is 33.2. The molecule has 0 bridgehead atoms. The van der Waals surface area contributed by atoms with Gasteiger partial charge in [0.15, 0.2) is 0 Å². The lowest BCUT2D eigenvalue weighted by atomic mass is 9.67. The van der Waals surface area contributed by atoms with Crippen molar-refractivity contribution < 1.29 is 18.9 Å². The summed E-state index contributed by atoms with van der Waals surface area (Å²) >= 11 is 0. The Morgan fingerprint density at radius 3 is 1.46 bits per heavy atom. The van der Waals surface area contributed by atoms with Gasteiger partial charge in [0, 0.05) is 11.1 Å². The van der Waals surface area contributed by atoms with Crippen LogP contribution < -0.4 is 9.47 Å². The van der Waals surface area contributed by atoms with Gasteiger partial charge in [-0.05, 0) is 57.3 Å². The third kappa shape index (κ3) is 6.91. The molecule has 0 aliphatic carbocycles. The van der Waals surface area contributed by atoms with Crippen LogP contribution in [0.3, 0.4) is 0 Å². The van der Waals surface area contributed by atoms with Crippen molar-refractivity contribution in [2.24, 2.45) is 0 Å². The van der Waals surface area contributed by atoms with E-state index in [0.29, 0.717) is 39.6 Å². The van der Waals surface area contributed by atoms with Crippen LogP contribution in [-0.2, 0) is 14.9 Å². The Hall–Kier alpha value is -5.16. The number of benzene rings is 6. The van der Waals surface area contributed by atoms with Gasteiger partial charge in [-0.2, -0.15) is 0 Å². The van der Waals surface area contributed by atoms with Crippen molar-refractivity contribution in [1.82, 2.24) is 0 Å². The number of rotatable bonds is 16. The van der Waals surface area contributed by atoms with E-state index in [1.807, 2.05) is 6.07 Å². The Balaban J connectivity index is 1.60. The molecular formula is C44H42O4. The highest BCUT2D eigenvalue weighted by atomic mass is 16.5. The van der Waals surface area contributed by atoms with E-state index in [-0.39, 0.29) is 0 Å². The zero-order valence-electron chi connectivity index (χ0n) is 27.6. The van der Waals surface area contributed by atoms with Gasteiger partial charge in [0.1, 0.15) is 24.7 Å². The first-order valence-electron chi connectivity index (χ1n) is 16.5. The number of hydrogen-bond acceptors (Lipinski definition) is 4. The van der Waals surface area contributed by atoms with E-state index in [2.05, 4.69) is 141 Å². The van der Waals surface area contributed by atoms with Crippen LogP contribution in [0.5, 0.6) is 11.5 Å². The maximum absolute atomic E-state index is 6.62. The van der Waals surface area contributed by atoms with E-state index >= 15 is 0 Å². The van der Waals surface area contributed by atoms with Crippen LogP contribution in [0.4, 0.5) is 0 Å². The summed E-state index contributed by atoms with van der Waals surface area (Å²) in [6.45, 7) is 12.5. The highest BCUT2D eigenvalue weighted by Crippen LogP contribution is 2.51. The molecule has 0 saturated carbocycles. The maximum Gasteiger partial charge on any atom is 0.124 e. The lowest BCUT2D eigenvalue weighted by Gasteiger charge is -2.36. The maximum atomic E-state index is 6.62. The van der Waals surface area contributed by atoms with Crippen molar-refractivity contribution in [3.05, 3.63) is 169 Å². The fourth-order valence-electron chi connectivity index (χ4n) is 6.57. The van der Waals surface area contributed by atoms with Crippen molar-refractivity contribution in [3.8, 4) is 22.6 Å². The molecule has 242 valence electrons. The molecule has 0 aromatic heterocycles. The fourth-order valence-corrected chi connectivity index (χ4v) is 6.57. The van der Waals surface area contributed by atoms with Crippen LogP contribution in [0.15, 0.2) is 153 Å². The van der Waals surface area contributed by atoms with E-state index in [4.69, 9.17) is 18.9 Å². The molecule has 0 fully saturated rings. The quantitative estimate of drug-likeness (QED) is 0.0603. The largest absolute Gasteiger partial charge is 0.491 e. The molecule has 6 rings (SSSR count). The van der Waals surface area contributed by atoms with Crippen LogP contribution >= 0.6 is 0 Å². The first-order valence-corrected chi connectivity index (χ1v) is 16.5. The minimum atomic E-state index is -0.717. The Morgan fingerprint density at radius 1 is 0.500 bits per heavy atom. The second-order valence-corrected chi connectivity index (χ2v) is 11.8. The molecule has 48 heavy (non-hydrogen) atoms. The summed E-state index contributed by atoms with van der Waals surface area (Å²) in [5.41, 5.74) is 4.88. The van der Waals surface area contributed by atoms with Gasteiger partial charge < -0.3 is 18.9 Å². The average molecular weight is 635 g/mol. The lowest BCUT2D eigenvalue weighted by molar-refractivity contribution is 0.119. The summed E-state index contributed by atoms with van der Waals surface area (Å²) in [7, 11) is 0. The Kier molecular flexibility index (Phi) is 10.7. The second kappa shape index (κ2) is 15.6. The zero-order valence-corrected chi connectivity index (χ0v) is 27.6. The van der Waals surface area contributed by atoms with Gasteiger partial charge in [0.25, 0.3) is 0 Å². The van der Waals surface area contributed by atoms with Crippen LogP contribution in [0.25, 0.3) is 32.7 Å². The molecule has 0 aliphatic rings. The van der Waals surface area contributed by atoms with Crippen LogP contribution in [0, 0.1) is 0 Å². The second-order valence-electron chi connectivity index (χ2n) is 11.8. The summed E-state index contributed by atoms with van der Waals surface area (Å²) in [5.74, 6) is 1.61. The molecule has 0 spiro atoms. The summed E-state index contributed by atoms with van der Waals surface area (Å²) in [4.78, 5) is 0. The predicted octanol–water partition coefficient (Wildman–Crippen LogP) is 10.2. The van der Waals surface area contributed by atoms with Gasteiger partial charge in [-0.3, -0.25) is 0 Å². The Morgan fingerprint density at radius 2 is 0.958 bits per heavy atom. The van der Waals surface area contributed by atoms with Gasteiger partial charge in [-0.15, -0.1) is 13.2 Å². The number of ether oxygens (including phenoxy) is 4. The highest BCUT2D eigenvalue weighted by Gasteiger charge is 2.39. The topological polar surface area (TPSA) is 36.9 Å². The molecule has 0 aliphatic heterocycles. The molecule has 0 unspecified atom stereocenters. The first-order chi connectivity index (χ1) is 23.6. The SMILES string of the molecule is C=CCOCCOc1ccc2ccccc2c1C(C)(c1ccc(-c2ccccc2)cc1)c1c(OCCOCC=C)ccc2ccccc12. The van der Waals surface area contributed by atoms with E-state index in [9.17, 15) is 0 Å². The summed E-state index contributed by atoms with van der Waals surface area (Å²) in [6, 6.07) is 44.9. The van der Waals surface area contributed by atoms with Gasteiger partial charge in [0.05, 0.1) is 31.8 Å². The van der Waals surface area contributed by atoms with E-state index in [1.165, 1.54) is 5.56 Å². The third-order valence-electron chi connectivity index (χ3n) is 8.79. The molecule has 0 heterocycles. The predicted molar refractivity (Wildman–Crippen MR) is 198 cm³/mol. The van der Waals surface area contributed by atoms with Crippen molar-refractivity contribution in [3.63, 3.8) is 0 Å². The Bertz CT molecular complexity index is 1880. The highest BCUT2D eigenvalue weighted by molar-refractivity contribution is 5.95. The average Bonchev–Trinajstić information content (AvgIpc) is 3.14. The molecule has 0 radical (unpaired) electrons. The smallest absolute Gasteiger partial charge is 0.124 e. The molecule has 6 aromatic carbocycles. The minimum absolute atomic E-state index is 0.405. The van der Waals surface area contributed by atoms with Crippen LogP contribution in [0.2, 0.25) is 0 Å². The number of fused-ring (bicyclic) bond motifs is 2. The van der Waals surface area contributed by atoms with Crippen molar-refractivity contribution in [2.75, 3.05) is 39.6 Å². The summed E-state index contributed by atoms with van der Waals surface area (Å²) < 4.78 is 24.7. The van der Waals surface area contributed by atoms with Gasteiger partial charge in [0.2, 0.25) is 0 Å². The molecule has 0 saturated heterocycles. The molecule has 0 N–H and O–H groups in total. The first kappa shape index (κ1) is 32.8. The third-order valence-corrected chi connectivity index (χ3v) is 8.79. The number of hydrogen-bond donors (Lipinski definition) is 0.